The summed E-state index contributed by atoms with van der Waals surface area (Å²) < 4.78 is 0. The molecule has 1 aliphatic heterocycles. The van der Waals surface area contributed by atoms with Crippen LogP contribution in [0.2, 0.25) is 0 Å². The van der Waals surface area contributed by atoms with Crippen molar-refractivity contribution in [1.82, 2.24) is 10.2 Å². The third kappa shape index (κ3) is 3.92. The fraction of sp³-hybridized carbons (Fsp3) is 0.304. The largest absolute Gasteiger partial charge is 0.306 e. The molecule has 4 rings (SSSR count). The molecule has 2 nitrogen and oxygen atoms in total. The van der Waals surface area contributed by atoms with Crippen LogP contribution in [-0.2, 0) is 6.54 Å². The van der Waals surface area contributed by atoms with Crippen molar-refractivity contribution in [3.05, 3.63) is 83.9 Å². The SMILES string of the molecule is C[C@H](N[C@@H]1CCN(Cc2ccc3ccccc3c2)C1)c1ccccc1. The van der Waals surface area contributed by atoms with E-state index in [4.69, 9.17) is 0 Å². The van der Waals surface area contributed by atoms with E-state index < -0.39 is 0 Å². The molecule has 0 unspecified atom stereocenters. The highest BCUT2D eigenvalue weighted by Crippen LogP contribution is 2.20. The molecule has 2 atom stereocenters. The summed E-state index contributed by atoms with van der Waals surface area (Å²) in [5.74, 6) is 0. The van der Waals surface area contributed by atoms with E-state index in [1.807, 2.05) is 0 Å². The van der Waals surface area contributed by atoms with Gasteiger partial charge in [0.05, 0.1) is 0 Å². The fourth-order valence-electron chi connectivity index (χ4n) is 3.90. The Kier molecular flexibility index (Phi) is 4.82. The van der Waals surface area contributed by atoms with Gasteiger partial charge < -0.3 is 5.32 Å². The van der Waals surface area contributed by atoms with Crippen LogP contribution in [0.5, 0.6) is 0 Å². The maximum atomic E-state index is 3.80. The summed E-state index contributed by atoms with van der Waals surface area (Å²) in [6.07, 6.45) is 1.23. The third-order valence-electron chi connectivity index (χ3n) is 5.28. The van der Waals surface area contributed by atoms with Gasteiger partial charge >= 0.3 is 0 Å². The summed E-state index contributed by atoms with van der Waals surface area (Å²) in [4.78, 5) is 2.57. The van der Waals surface area contributed by atoms with E-state index in [0.717, 1.165) is 13.1 Å². The molecular weight excluding hydrogens is 304 g/mol. The van der Waals surface area contributed by atoms with E-state index in [0.29, 0.717) is 12.1 Å². The van der Waals surface area contributed by atoms with Crippen molar-refractivity contribution in [2.75, 3.05) is 13.1 Å². The topological polar surface area (TPSA) is 15.3 Å². The summed E-state index contributed by atoms with van der Waals surface area (Å²) in [5, 5.41) is 6.46. The predicted molar refractivity (Wildman–Crippen MR) is 106 cm³/mol. The van der Waals surface area contributed by atoms with Gasteiger partial charge in [-0.1, -0.05) is 66.7 Å². The van der Waals surface area contributed by atoms with E-state index in [1.54, 1.807) is 0 Å². The molecule has 3 aromatic carbocycles. The molecule has 0 saturated carbocycles. The lowest BCUT2D eigenvalue weighted by Gasteiger charge is -2.21. The fourth-order valence-corrected chi connectivity index (χ4v) is 3.90. The van der Waals surface area contributed by atoms with Crippen molar-refractivity contribution in [3.8, 4) is 0 Å². The van der Waals surface area contributed by atoms with E-state index in [9.17, 15) is 0 Å². The summed E-state index contributed by atoms with van der Waals surface area (Å²) in [5.41, 5.74) is 2.78. The first-order chi connectivity index (χ1) is 12.3. The monoisotopic (exact) mass is 330 g/mol. The summed E-state index contributed by atoms with van der Waals surface area (Å²) in [7, 11) is 0. The zero-order valence-corrected chi connectivity index (χ0v) is 14.9. The van der Waals surface area contributed by atoms with Gasteiger partial charge in [0.15, 0.2) is 0 Å². The lowest BCUT2D eigenvalue weighted by Crippen LogP contribution is -2.34. The van der Waals surface area contributed by atoms with Crippen molar-refractivity contribution in [3.63, 3.8) is 0 Å². The van der Waals surface area contributed by atoms with Crippen LogP contribution in [0.3, 0.4) is 0 Å². The minimum Gasteiger partial charge on any atom is -0.306 e. The van der Waals surface area contributed by atoms with E-state index >= 15 is 0 Å². The van der Waals surface area contributed by atoms with Crippen molar-refractivity contribution >= 4 is 10.8 Å². The molecule has 128 valence electrons. The number of nitrogens with one attached hydrogen (secondary N) is 1. The van der Waals surface area contributed by atoms with Gasteiger partial charge in [-0.25, -0.2) is 0 Å². The molecule has 1 fully saturated rings. The number of nitrogens with zero attached hydrogens (tertiary/aromatic N) is 1. The van der Waals surface area contributed by atoms with Crippen molar-refractivity contribution in [1.29, 1.82) is 0 Å². The van der Waals surface area contributed by atoms with Crippen LogP contribution < -0.4 is 5.32 Å². The first kappa shape index (κ1) is 16.3. The van der Waals surface area contributed by atoms with Crippen LogP contribution in [-0.4, -0.2) is 24.0 Å². The number of fused-ring (bicyclic) bond motifs is 1. The Morgan fingerprint density at radius 2 is 1.72 bits per heavy atom. The van der Waals surface area contributed by atoms with Crippen molar-refractivity contribution in [2.45, 2.75) is 32.0 Å². The number of benzene rings is 3. The normalized spacial score (nSPS) is 19.3. The first-order valence-electron chi connectivity index (χ1n) is 9.29. The molecule has 1 N–H and O–H groups in total. The van der Waals surface area contributed by atoms with Crippen LogP contribution in [0.25, 0.3) is 10.8 Å². The summed E-state index contributed by atoms with van der Waals surface area (Å²) in [6.45, 7) is 5.61. The Hall–Kier alpha value is -2.16. The van der Waals surface area contributed by atoms with Crippen LogP contribution in [0.1, 0.15) is 30.5 Å². The highest BCUT2D eigenvalue weighted by molar-refractivity contribution is 5.82. The van der Waals surface area contributed by atoms with Gasteiger partial charge in [-0.15, -0.1) is 0 Å². The maximum Gasteiger partial charge on any atom is 0.0294 e. The highest BCUT2D eigenvalue weighted by atomic mass is 15.2. The average Bonchev–Trinajstić information content (AvgIpc) is 3.09. The molecule has 0 aliphatic carbocycles. The van der Waals surface area contributed by atoms with Crippen LogP contribution >= 0.6 is 0 Å². The molecular formula is C23H26N2. The van der Waals surface area contributed by atoms with Crippen LogP contribution in [0.4, 0.5) is 0 Å². The molecule has 1 aliphatic rings. The quantitative estimate of drug-likeness (QED) is 0.725. The zero-order valence-electron chi connectivity index (χ0n) is 14.9. The van der Waals surface area contributed by atoms with E-state index in [2.05, 4.69) is 89.9 Å². The first-order valence-corrected chi connectivity index (χ1v) is 9.29. The minimum absolute atomic E-state index is 0.409. The number of hydrogen-bond donors (Lipinski definition) is 1. The van der Waals surface area contributed by atoms with Gasteiger partial charge in [0.25, 0.3) is 0 Å². The Morgan fingerprint density at radius 3 is 2.56 bits per heavy atom. The number of likely N-dealkylation sites (tertiary alicyclic amines) is 1. The van der Waals surface area contributed by atoms with Gasteiger partial charge in [-0.3, -0.25) is 4.90 Å². The Morgan fingerprint density at radius 1 is 0.960 bits per heavy atom. The van der Waals surface area contributed by atoms with Crippen LogP contribution in [0.15, 0.2) is 72.8 Å². The van der Waals surface area contributed by atoms with E-state index in [1.165, 1.54) is 34.9 Å². The highest BCUT2D eigenvalue weighted by Gasteiger charge is 2.23. The van der Waals surface area contributed by atoms with Gasteiger partial charge in [-0.2, -0.15) is 0 Å². The van der Waals surface area contributed by atoms with Gasteiger partial charge in [0.1, 0.15) is 0 Å². The Bertz CT molecular complexity index is 828. The standard InChI is InChI=1S/C23H26N2/c1-18(20-7-3-2-4-8-20)24-23-13-14-25(17-23)16-19-11-12-21-9-5-6-10-22(21)15-19/h2-12,15,18,23-24H,13-14,16-17H2,1H3/t18-,23+/m0/s1. The second-order valence-electron chi connectivity index (χ2n) is 7.20. The predicted octanol–water partition coefficient (Wildman–Crippen LogP) is 4.76. The van der Waals surface area contributed by atoms with Crippen molar-refractivity contribution in [2.24, 2.45) is 0 Å². The maximum absolute atomic E-state index is 3.80. The molecule has 0 aromatic heterocycles. The minimum atomic E-state index is 0.409. The van der Waals surface area contributed by atoms with Crippen LogP contribution in [0, 0.1) is 0 Å². The summed E-state index contributed by atoms with van der Waals surface area (Å²) >= 11 is 0. The molecule has 3 aromatic rings. The Balaban J connectivity index is 1.35. The third-order valence-corrected chi connectivity index (χ3v) is 5.28. The second-order valence-corrected chi connectivity index (χ2v) is 7.20. The zero-order chi connectivity index (χ0) is 17.1. The molecule has 0 amide bonds. The molecule has 0 radical (unpaired) electrons. The second kappa shape index (κ2) is 7.38. The van der Waals surface area contributed by atoms with Gasteiger partial charge in [0.2, 0.25) is 0 Å². The van der Waals surface area contributed by atoms with Gasteiger partial charge in [0, 0.05) is 31.7 Å². The smallest absolute Gasteiger partial charge is 0.0294 e. The van der Waals surface area contributed by atoms with E-state index in [-0.39, 0.29) is 0 Å². The molecule has 1 heterocycles. The molecule has 1 saturated heterocycles. The molecule has 0 spiro atoms. The molecule has 25 heavy (non-hydrogen) atoms. The average molecular weight is 330 g/mol. The molecule has 2 heteroatoms. The Labute approximate surface area is 150 Å². The number of rotatable bonds is 5. The lowest BCUT2D eigenvalue weighted by molar-refractivity contribution is 0.316. The lowest BCUT2D eigenvalue weighted by atomic mass is 10.1. The number of hydrogen-bond acceptors (Lipinski definition) is 2. The summed E-state index contributed by atoms with van der Waals surface area (Å²) in [6, 6.07) is 27.2. The van der Waals surface area contributed by atoms with Gasteiger partial charge in [-0.05, 0) is 41.3 Å². The molecule has 0 bridgehead atoms. The van der Waals surface area contributed by atoms with Crippen molar-refractivity contribution < 1.29 is 0 Å².